The Morgan fingerprint density at radius 2 is 2.00 bits per heavy atom. The van der Waals surface area contributed by atoms with E-state index in [1.807, 2.05) is 6.07 Å². The molecule has 0 aliphatic rings. The molecule has 86 valence electrons. The van der Waals surface area contributed by atoms with E-state index < -0.39 is 28.5 Å². The summed E-state index contributed by atoms with van der Waals surface area (Å²) in [7, 11) is 1.09. The molecule has 0 spiro atoms. The van der Waals surface area contributed by atoms with Gasteiger partial charge in [0.15, 0.2) is 17.3 Å². The highest BCUT2D eigenvalue weighted by Crippen LogP contribution is 2.38. The molecule has 3 nitrogen and oxygen atoms in total. The Hall–Kier alpha value is -1.83. The van der Waals surface area contributed by atoms with E-state index in [0.717, 1.165) is 13.2 Å². The van der Waals surface area contributed by atoms with Crippen molar-refractivity contribution in [1.82, 2.24) is 0 Å². The standard InChI is InChI=1S/C11H11F2NO2/c1-11(2,5-14)6-4-7(12)10(16-3)8(13)9(6)15/h4,15H,1-3H3. The zero-order valence-corrected chi connectivity index (χ0v) is 9.14. The summed E-state index contributed by atoms with van der Waals surface area (Å²) in [6.45, 7) is 2.90. The second kappa shape index (κ2) is 3.97. The van der Waals surface area contributed by atoms with E-state index in [9.17, 15) is 13.9 Å². The number of benzene rings is 1. The van der Waals surface area contributed by atoms with Crippen molar-refractivity contribution < 1.29 is 18.6 Å². The summed E-state index contributed by atoms with van der Waals surface area (Å²) >= 11 is 0. The molecule has 0 radical (unpaired) electrons. The van der Waals surface area contributed by atoms with Crippen molar-refractivity contribution in [2.45, 2.75) is 19.3 Å². The van der Waals surface area contributed by atoms with Gasteiger partial charge >= 0.3 is 0 Å². The fourth-order valence-electron chi connectivity index (χ4n) is 1.32. The van der Waals surface area contributed by atoms with Gasteiger partial charge in [0.2, 0.25) is 5.82 Å². The molecule has 1 aromatic rings. The maximum Gasteiger partial charge on any atom is 0.209 e. The second-order valence-electron chi connectivity index (χ2n) is 3.84. The minimum absolute atomic E-state index is 0.106. The van der Waals surface area contributed by atoms with Crippen molar-refractivity contribution in [2.24, 2.45) is 0 Å². The number of nitrogens with zero attached hydrogens (tertiary/aromatic N) is 1. The number of halogens is 2. The van der Waals surface area contributed by atoms with E-state index in [2.05, 4.69) is 4.74 Å². The van der Waals surface area contributed by atoms with Crippen molar-refractivity contribution in [1.29, 1.82) is 5.26 Å². The molecule has 16 heavy (non-hydrogen) atoms. The van der Waals surface area contributed by atoms with Crippen LogP contribution in [0.2, 0.25) is 0 Å². The molecular weight excluding hydrogens is 216 g/mol. The average molecular weight is 227 g/mol. The minimum atomic E-state index is -1.19. The lowest BCUT2D eigenvalue weighted by Crippen LogP contribution is -2.15. The van der Waals surface area contributed by atoms with E-state index in [-0.39, 0.29) is 5.56 Å². The van der Waals surface area contributed by atoms with E-state index in [0.29, 0.717) is 0 Å². The van der Waals surface area contributed by atoms with Gasteiger partial charge in [-0.15, -0.1) is 0 Å². The third kappa shape index (κ3) is 1.78. The Labute approximate surface area is 91.9 Å². The molecule has 1 N–H and O–H groups in total. The molecule has 0 atom stereocenters. The summed E-state index contributed by atoms with van der Waals surface area (Å²) in [4.78, 5) is 0. The number of ether oxygens (including phenoxy) is 1. The van der Waals surface area contributed by atoms with Crippen LogP contribution < -0.4 is 4.74 Å². The van der Waals surface area contributed by atoms with Crippen LogP contribution in [0.1, 0.15) is 19.4 Å². The van der Waals surface area contributed by atoms with Gasteiger partial charge in [-0.2, -0.15) is 9.65 Å². The van der Waals surface area contributed by atoms with Crippen LogP contribution in [0.15, 0.2) is 6.07 Å². The van der Waals surface area contributed by atoms with Crippen LogP contribution in [0.4, 0.5) is 8.78 Å². The first kappa shape index (κ1) is 12.2. The molecule has 5 heteroatoms. The minimum Gasteiger partial charge on any atom is -0.504 e. The summed E-state index contributed by atoms with van der Waals surface area (Å²) in [6, 6.07) is 2.76. The van der Waals surface area contributed by atoms with Gasteiger partial charge in [-0.1, -0.05) is 0 Å². The molecule has 0 aromatic heterocycles. The number of hydrogen-bond donors (Lipinski definition) is 1. The highest BCUT2D eigenvalue weighted by Gasteiger charge is 2.29. The molecule has 0 aliphatic carbocycles. The molecule has 0 aliphatic heterocycles. The van der Waals surface area contributed by atoms with Crippen molar-refractivity contribution in [3.63, 3.8) is 0 Å². The molecule has 0 fully saturated rings. The molecule has 1 aromatic carbocycles. The predicted molar refractivity (Wildman–Crippen MR) is 53.2 cm³/mol. The lowest BCUT2D eigenvalue weighted by molar-refractivity contribution is 0.337. The van der Waals surface area contributed by atoms with Crippen LogP contribution in [0, 0.1) is 23.0 Å². The van der Waals surface area contributed by atoms with Crippen molar-refractivity contribution in [2.75, 3.05) is 7.11 Å². The first-order valence-corrected chi connectivity index (χ1v) is 4.51. The molecule has 0 amide bonds. The lowest BCUT2D eigenvalue weighted by Gasteiger charge is -2.18. The van der Waals surface area contributed by atoms with Gasteiger partial charge < -0.3 is 9.84 Å². The van der Waals surface area contributed by atoms with Gasteiger partial charge in [-0.3, -0.25) is 0 Å². The number of aromatic hydroxyl groups is 1. The Kier molecular flexibility index (Phi) is 3.04. The Balaban J connectivity index is 3.53. The zero-order chi connectivity index (χ0) is 12.5. The molecule has 1 rings (SSSR count). The largest absolute Gasteiger partial charge is 0.504 e. The van der Waals surface area contributed by atoms with Crippen molar-refractivity contribution >= 4 is 0 Å². The first-order valence-electron chi connectivity index (χ1n) is 4.51. The van der Waals surface area contributed by atoms with Crippen LogP contribution in [0.3, 0.4) is 0 Å². The third-order valence-corrected chi connectivity index (χ3v) is 2.31. The maximum atomic E-state index is 13.5. The molecule has 0 unspecified atom stereocenters. The van der Waals surface area contributed by atoms with Crippen LogP contribution in [-0.2, 0) is 5.41 Å². The average Bonchev–Trinajstić information content (AvgIpc) is 2.24. The van der Waals surface area contributed by atoms with Crippen LogP contribution in [-0.4, -0.2) is 12.2 Å². The van der Waals surface area contributed by atoms with Gasteiger partial charge in [0.05, 0.1) is 18.6 Å². The number of nitriles is 1. The highest BCUT2D eigenvalue weighted by molar-refractivity contribution is 5.48. The monoisotopic (exact) mass is 227 g/mol. The smallest absolute Gasteiger partial charge is 0.209 e. The zero-order valence-electron chi connectivity index (χ0n) is 9.14. The molecule has 0 bridgehead atoms. The Bertz CT molecular complexity index is 464. The van der Waals surface area contributed by atoms with Gasteiger partial charge in [0, 0.05) is 5.56 Å². The van der Waals surface area contributed by atoms with E-state index in [4.69, 9.17) is 5.26 Å². The third-order valence-electron chi connectivity index (χ3n) is 2.31. The quantitative estimate of drug-likeness (QED) is 0.844. The van der Waals surface area contributed by atoms with E-state index in [1.165, 1.54) is 13.8 Å². The van der Waals surface area contributed by atoms with Gasteiger partial charge in [0.1, 0.15) is 0 Å². The SMILES string of the molecule is COc1c(F)cc(C(C)(C)C#N)c(O)c1F. The number of phenolic OH excluding ortho intramolecular Hbond substituents is 1. The van der Waals surface area contributed by atoms with Gasteiger partial charge in [0.25, 0.3) is 0 Å². The van der Waals surface area contributed by atoms with Crippen LogP contribution in [0.25, 0.3) is 0 Å². The fourth-order valence-corrected chi connectivity index (χ4v) is 1.32. The number of methoxy groups -OCH3 is 1. The number of rotatable bonds is 2. The summed E-state index contributed by atoms with van der Waals surface area (Å²) in [5, 5.41) is 18.4. The van der Waals surface area contributed by atoms with Crippen LogP contribution >= 0.6 is 0 Å². The number of phenols is 1. The van der Waals surface area contributed by atoms with Gasteiger partial charge in [-0.05, 0) is 19.9 Å². The summed E-state index contributed by atoms with van der Waals surface area (Å²) in [5.41, 5.74) is -1.29. The van der Waals surface area contributed by atoms with E-state index in [1.54, 1.807) is 0 Å². The summed E-state index contributed by atoms with van der Waals surface area (Å²) in [5.74, 6) is -3.56. The van der Waals surface area contributed by atoms with Crippen molar-refractivity contribution in [3.8, 4) is 17.6 Å². The van der Waals surface area contributed by atoms with E-state index >= 15 is 0 Å². The molecular formula is C11H11F2NO2. The molecule has 0 saturated heterocycles. The Morgan fingerprint density at radius 1 is 1.44 bits per heavy atom. The summed E-state index contributed by atoms with van der Waals surface area (Å²) in [6.07, 6.45) is 0. The number of hydrogen-bond acceptors (Lipinski definition) is 3. The normalized spacial score (nSPS) is 11.0. The maximum absolute atomic E-state index is 13.5. The highest BCUT2D eigenvalue weighted by atomic mass is 19.1. The molecule has 0 saturated carbocycles. The molecule has 0 heterocycles. The Morgan fingerprint density at radius 3 is 2.44 bits per heavy atom. The van der Waals surface area contributed by atoms with Crippen molar-refractivity contribution in [3.05, 3.63) is 23.3 Å². The second-order valence-corrected chi connectivity index (χ2v) is 3.84. The van der Waals surface area contributed by atoms with Gasteiger partial charge in [-0.25, -0.2) is 4.39 Å². The van der Waals surface area contributed by atoms with Crippen LogP contribution in [0.5, 0.6) is 11.5 Å². The topological polar surface area (TPSA) is 53.2 Å². The fraction of sp³-hybridized carbons (Fsp3) is 0.364. The summed E-state index contributed by atoms with van der Waals surface area (Å²) < 4.78 is 31.3. The predicted octanol–water partition coefficient (Wildman–Crippen LogP) is 2.48. The lowest BCUT2D eigenvalue weighted by atomic mass is 9.85. The first-order chi connectivity index (χ1) is 7.35.